The zero-order chi connectivity index (χ0) is 20.5. The zero-order valence-corrected chi connectivity index (χ0v) is 16.2. The second kappa shape index (κ2) is 15.9. The van der Waals surface area contributed by atoms with Crippen molar-refractivity contribution in [3.05, 3.63) is 23.8 Å². The molecule has 0 saturated heterocycles. The lowest BCUT2D eigenvalue weighted by Crippen LogP contribution is -2.07. The number of esters is 1. The Bertz CT molecular complexity index is 561. The fourth-order valence-electron chi connectivity index (χ4n) is 1.88. The molecule has 1 N–H and O–H groups in total. The second-order valence-electron chi connectivity index (χ2n) is 6.22. The van der Waals surface area contributed by atoms with Gasteiger partial charge < -0.3 is 9.84 Å². The van der Waals surface area contributed by atoms with Gasteiger partial charge in [0, 0.05) is 0 Å². The van der Waals surface area contributed by atoms with Crippen molar-refractivity contribution in [3.8, 4) is 12.1 Å². The number of carboxylic acids is 1. The summed E-state index contributed by atoms with van der Waals surface area (Å²) < 4.78 is 4.78. The van der Waals surface area contributed by atoms with E-state index in [2.05, 4.69) is 34.3 Å². The van der Waals surface area contributed by atoms with E-state index in [0.717, 1.165) is 25.7 Å². The summed E-state index contributed by atoms with van der Waals surface area (Å²) in [5, 5.41) is 25.3. The molecule has 0 heterocycles. The molecule has 0 aliphatic heterocycles. The highest BCUT2D eigenvalue weighted by Gasteiger charge is 2.07. The zero-order valence-electron chi connectivity index (χ0n) is 16.2. The number of hydrogen-bond donors (Lipinski definition) is 1. The lowest BCUT2D eigenvalue weighted by Gasteiger charge is -2.07. The van der Waals surface area contributed by atoms with Crippen LogP contribution >= 0.6 is 0 Å². The highest BCUT2D eigenvalue weighted by atomic mass is 16.5. The Labute approximate surface area is 156 Å². The third-order valence-corrected chi connectivity index (χ3v) is 3.70. The first-order valence-electron chi connectivity index (χ1n) is 8.82. The average molecular weight is 362 g/mol. The SMILES string of the molecule is C=C(C#N)C(=O)OCCCC(C)C.CCC(CC)CC=C(C#N)C(=O)O. The Balaban J connectivity index is 0. The van der Waals surface area contributed by atoms with Crippen LogP contribution in [0.5, 0.6) is 0 Å². The van der Waals surface area contributed by atoms with Crippen LogP contribution in [-0.4, -0.2) is 23.7 Å². The number of rotatable bonds is 10. The molecule has 0 radical (unpaired) electrons. The van der Waals surface area contributed by atoms with Crippen molar-refractivity contribution in [3.63, 3.8) is 0 Å². The minimum atomic E-state index is -1.13. The first-order chi connectivity index (χ1) is 12.2. The van der Waals surface area contributed by atoms with Crippen LogP contribution in [0.25, 0.3) is 0 Å². The maximum atomic E-state index is 10.9. The lowest BCUT2D eigenvalue weighted by molar-refractivity contribution is -0.138. The minimum absolute atomic E-state index is 0.135. The number of carboxylic acid groups (broad SMARTS) is 1. The molecular formula is C20H30N2O4. The van der Waals surface area contributed by atoms with E-state index in [1.165, 1.54) is 6.08 Å². The van der Waals surface area contributed by atoms with Crippen molar-refractivity contribution in [2.75, 3.05) is 6.61 Å². The summed E-state index contributed by atoms with van der Waals surface area (Å²) in [5.41, 5.74) is -0.281. The summed E-state index contributed by atoms with van der Waals surface area (Å²) in [4.78, 5) is 21.3. The summed E-state index contributed by atoms with van der Waals surface area (Å²) in [5.74, 6) is -0.639. The third-order valence-electron chi connectivity index (χ3n) is 3.70. The molecule has 6 nitrogen and oxygen atoms in total. The first-order valence-corrected chi connectivity index (χ1v) is 8.82. The van der Waals surface area contributed by atoms with Crippen LogP contribution < -0.4 is 0 Å². The molecule has 0 aliphatic rings. The third kappa shape index (κ3) is 13.8. The number of ether oxygens (including phenoxy) is 1. The van der Waals surface area contributed by atoms with Crippen LogP contribution in [0.4, 0.5) is 0 Å². The standard InChI is InChI=1S/2C10H15NO2/c1-8(2)5-4-6-13-10(12)9(3)7-11;1-3-8(4-2)5-6-9(7-11)10(12)13/h8H,3-6H2,1-2H3;6,8H,3-5H2,1-2H3,(H,12,13). The van der Waals surface area contributed by atoms with Gasteiger partial charge in [-0.3, -0.25) is 0 Å². The molecule has 0 aliphatic carbocycles. The van der Waals surface area contributed by atoms with Crippen molar-refractivity contribution in [2.45, 2.75) is 59.8 Å². The van der Waals surface area contributed by atoms with Gasteiger partial charge in [0.05, 0.1) is 6.61 Å². The summed E-state index contributed by atoms with van der Waals surface area (Å²) in [6, 6.07) is 3.31. The maximum absolute atomic E-state index is 10.9. The molecule has 0 unspecified atom stereocenters. The molecule has 6 heteroatoms. The lowest BCUT2D eigenvalue weighted by atomic mass is 9.98. The molecule has 144 valence electrons. The van der Waals surface area contributed by atoms with Gasteiger partial charge in [0.2, 0.25) is 0 Å². The van der Waals surface area contributed by atoms with E-state index < -0.39 is 11.9 Å². The van der Waals surface area contributed by atoms with E-state index in [0.29, 0.717) is 24.9 Å². The Kier molecular flexibility index (Phi) is 15.7. The topological polar surface area (TPSA) is 111 Å². The number of allylic oxidation sites excluding steroid dienone is 1. The van der Waals surface area contributed by atoms with Crippen molar-refractivity contribution in [2.24, 2.45) is 11.8 Å². The van der Waals surface area contributed by atoms with Gasteiger partial charge in [-0.1, -0.05) is 53.2 Å². The number of carbonyl (C=O) groups is 2. The first kappa shape index (κ1) is 25.6. The van der Waals surface area contributed by atoms with Crippen LogP contribution in [-0.2, 0) is 14.3 Å². The summed E-state index contributed by atoms with van der Waals surface area (Å²) in [7, 11) is 0. The summed E-state index contributed by atoms with van der Waals surface area (Å²) >= 11 is 0. The summed E-state index contributed by atoms with van der Waals surface area (Å²) in [6.45, 7) is 12.0. The Morgan fingerprint density at radius 3 is 2.15 bits per heavy atom. The molecule has 0 bridgehead atoms. The number of aliphatic carboxylic acids is 1. The Morgan fingerprint density at radius 1 is 1.19 bits per heavy atom. The molecule has 0 fully saturated rings. The fourth-order valence-corrected chi connectivity index (χ4v) is 1.88. The molecule has 0 rings (SSSR count). The molecule has 0 saturated carbocycles. The van der Waals surface area contributed by atoms with Gasteiger partial charge in [0.1, 0.15) is 23.3 Å². The highest BCUT2D eigenvalue weighted by Crippen LogP contribution is 2.14. The van der Waals surface area contributed by atoms with Gasteiger partial charge in [-0.2, -0.15) is 10.5 Å². The highest BCUT2D eigenvalue weighted by molar-refractivity contribution is 5.92. The Morgan fingerprint density at radius 2 is 1.77 bits per heavy atom. The van der Waals surface area contributed by atoms with Gasteiger partial charge in [0.15, 0.2) is 0 Å². The molecule has 0 spiro atoms. The Hall–Kier alpha value is -2.60. The number of nitriles is 2. The molecule has 0 atom stereocenters. The fraction of sp³-hybridized carbons (Fsp3) is 0.600. The maximum Gasteiger partial charge on any atom is 0.348 e. The smallest absolute Gasteiger partial charge is 0.348 e. The van der Waals surface area contributed by atoms with E-state index in [1.807, 2.05) is 0 Å². The van der Waals surface area contributed by atoms with Crippen LogP contribution in [0.3, 0.4) is 0 Å². The van der Waals surface area contributed by atoms with Gasteiger partial charge in [-0.15, -0.1) is 0 Å². The predicted octanol–water partition coefficient (Wildman–Crippen LogP) is 4.39. The molecular weight excluding hydrogens is 332 g/mol. The molecule has 0 aromatic heterocycles. The largest absolute Gasteiger partial charge is 0.477 e. The number of carbonyl (C=O) groups excluding carboxylic acids is 1. The van der Waals surface area contributed by atoms with E-state index in [-0.39, 0.29) is 11.1 Å². The molecule has 0 aromatic rings. The normalized spacial score (nSPS) is 10.4. The number of nitrogens with zero attached hydrogens (tertiary/aromatic N) is 2. The van der Waals surface area contributed by atoms with Gasteiger partial charge in [0.25, 0.3) is 0 Å². The van der Waals surface area contributed by atoms with Crippen LogP contribution in [0, 0.1) is 34.5 Å². The van der Waals surface area contributed by atoms with Crippen LogP contribution in [0.2, 0.25) is 0 Å². The second-order valence-corrected chi connectivity index (χ2v) is 6.22. The molecule has 0 amide bonds. The van der Waals surface area contributed by atoms with E-state index in [4.69, 9.17) is 20.4 Å². The van der Waals surface area contributed by atoms with Crippen LogP contribution in [0.1, 0.15) is 59.8 Å². The van der Waals surface area contributed by atoms with E-state index >= 15 is 0 Å². The van der Waals surface area contributed by atoms with Gasteiger partial charge in [-0.05, 0) is 31.1 Å². The monoisotopic (exact) mass is 362 g/mol. The van der Waals surface area contributed by atoms with Crippen molar-refractivity contribution >= 4 is 11.9 Å². The van der Waals surface area contributed by atoms with Crippen molar-refractivity contribution < 1.29 is 19.4 Å². The van der Waals surface area contributed by atoms with Crippen molar-refractivity contribution in [1.82, 2.24) is 0 Å². The van der Waals surface area contributed by atoms with E-state index in [1.54, 1.807) is 12.1 Å². The average Bonchev–Trinajstić information content (AvgIpc) is 2.61. The van der Waals surface area contributed by atoms with E-state index in [9.17, 15) is 9.59 Å². The van der Waals surface area contributed by atoms with Gasteiger partial charge in [-0.25, -0.2) is 9.59 Å². The molecule has 26 heavy (non-hydrogen) atoms. The summed E-state index contributed by atoms with van der Waals surface area (Å²) in [6.07, 6.45) is 6.09. The minimum Gasteiger partial charge on any atom is -0.477 e. The van der Waals surface area contributed by atoms with Gasteiger partial charge >= 0.3 is 11.9 Å². The van der Waals surface area contributed by atoms with Crippen molar-refractivity contribution in [1.29, 1.82) is 10.5 Å². The predicted molar refractivity (Wildman–Crippen MR) is 99.8 cm³/mol. The molecule has 0 aromatic carbocycles. The number of hydrogen-bond acceptors (Lipinski definition) is 5. The van der Waals surface area contributed by atoms with Crippen LogP contribution in [0.15, 0.2) is 23.8 Å². The quantitative estimate of drug-likeness (QED) is 0.267.